The first-order valence-electron chi connectivity index (χ1n) is 6.37. The van der Waals surface area contributed by atoms with E-state index in [4.69, 9.17) is 0 Å². The molecule has 1 amide bonds. The van der Waals surface area contributed by atoms with Crippen molar-refractivity contribution < 1.29 is 14.3 Å². The molecule has 0 unspecified atom stereocenters. The van der Waals surface area contributed by atoms with Crippen molar-refractivity contribution >= 4 is 33.5 Å². The van der Waals surface area contributed by atoms with Crippen LogP contribution in [-0.2, 0) is 20.9 Å². The monoisotopic (exact) mass is 358 g/mol. The molecule has 1 aliphatic rings. The number of hydrogen-bond acceptors (Lipinski definition) is 6. The van der Waals surface area contributed by atoms with E-state index in [0.29, 0.717) is 5.69 Å². The number of carbonyl (C=O) groups is 2. The highest BCUT2D eigenvalue weighted by atomic mass is 79.9. The molecule has 114 valence electrons. The summed E-state index contributed by atoms with van der Waals surface area (Å²) < 4.78 is 5.67. The molecule has 2 N–H and O–H groups in total. The van der Waals surface area contributed by atoms with Gasteiger partial charge in [-0.2, -0.15) is 5.10 Å². The Bertz CT molecular complexity index is 612. The average Bonchev–Trinajstić information content (AvgIpc) is 3.26. The summed E-state index contributed by atoms with van der Waals surface area (Å²) in [6, 6.07) is 0.286. The second-order valence-corrected chi connectivity index (χ2v) is 5.40. The summed E-state index contributed by atoms with van der Waals surface area (Å²) in [7, 11) is 1.23. The van der Waals surface area contributed by atoms with E-state index in [1.165, 1.54) is 13.3 Å². The molecule has 0 spiro atoms. The molecule has 0 atom stereocenters. The summed E-state index contributed by atoms with van der Waals surface area (Å²) in [5.41, 5.74) is -0.0833. The number of nitrogens with one attached hydrogen (secondary N) is 2. The van der Waals surface area contributed by atoms with Gasteiger partial charge in [0.1, 0.15) is 11.0 Å². The molecule has 8 nitrogen and oxygen atoms in total. The molecule has 2 rings (SSSR count). The second kappa shape index (κ2) is 6.70. The molecule has 1 aliphatic carbocycles. The van der Waals surface area contributed by atoms with Crippen LogP contribution in [0.25, 0.3) is 0 Å². The summed E-state index contributed by atoms with van der Waals surface area (Å²) >= 11 is 3.14. The molecule has 0 radical (unpaired) electrons. The Balaban J connectivity index is 2.00. The molecule has 1 heterocycles. The van der Waals surface area contributed by atoms with Gasteiger partial charge in [0.25, 0.3) is 5.56 Å². The third-order valence-corrected chi connectivity index (χ3v) is 3.64. The van der Waals surface area contributed by atoms with Crippen LogP contribution < -0.4 is 16.2 Å². The van der Waals surface area contributed by atoms with Gasteiger partial charge >= 0.3 is 5.97 Å². The fourth-order valence-corrected chi connectivity index (χ4v) is 2.02. The van der Waals surface area contributed by atoms with Crippen LogP contribution in [0.2, 0.25) is 0 Å². The average molecular weight is 359 g/mol. The maximum absolute atomic E-state index is 12.0. The van der Waals surface area contributed by atoms with Crippen molar-refractivity contribution in [1.29, 1.82) is 0 Å². The molecule has 9 heteroatoms. The number of ether oxygens (including phenoxy) is 1. The first-order valence-corrected chi connectivity index (χ1v) is 7.16. The van der Waals surface area contributed by atoms with Gasteiger partial charge in [-0.25, -0.2) is 4.68 Å². The van der Waals surface area contributed by atoms with Crippen LogP contribution in [0.4, 0.5) is 5.69 Å². The number of anilines is 1. The van der Waals surface area contributed by atoms with Crippen molar-refractivity contribution in [3.8, 4) is 0 Å². The first kappa shape index (κ1) is 15.5. The largest absolute Gasteiger partial charge is 0.468 e. The van der Waals surface area contributed by atoms with E-state index in [2.05, 4.69) is 36.4 Å². The lowest BCUT2D eigenvalue weighted by Gasteiger charge is -2.10. The number of rotatable bonds is 6. The van der Waals surface area contributed by atoms with Gasteiger partial charge in [-0.15, -0.1) is 0 Å². The van der Waals surface area contributed by atoms with E-state index in [0.717, 1.165) is 17.5 Å². The summed E-state index contributed by atoms with van der Waals surface area (Å²) in [6.45, 7) is -0.215. The summed E-state index contributed by atoms with van der Waals surface area (Å²) in [5.74, 6) is -0.704. The minimum atomic E-state index is -0.568. The molecular weight excluding hydrogens is 344 g/mol. The van der Waals surface area contributed by atoms with Crippen molar-refractivity contribution in [3.05, 3.63) is 21.0 Å². The van der Waals surface area contributed by atoms with Crippen LogP contribution in [0.15, 0.2) is 15.5 Å². The number of carbonyl (C=O) groups excluding carboxylic acids is 2. The van der Waals surface area contributed by atoms with Gasteiger partial charge in [-0.3, -0.25) is 14.4 Å². The minimum Gasteiger partial charge on any atom is -0.468 e. The lowest BCUT2D eigenvalue weighted by molar-refractivity contribution is -0.141. The van der Waals surface area contributed by atoms with Crippen LogP contribution in [-0.4, -0.2) is 41.4 Å². The second-order valence-electron chi connectivity index (χ2n) is 4.61. The van der Waals surface area contributed by atoms with Gasteiger partial charge < -0.3 is 15.4 Å². The van der Waals surface area contributed by atoms with Crippen molar-refractivity contribution in [2.75, 3.05) is 19.0 Å². The maximum atomic E-state index is 12.0. The normalized spacial score (nSPS) is 13.6. The molecular formula is C12H15BrN4O4. The van der Waals surface area contributed by atoms with Gasteiger partial charge in [0, 0.05) is 6.04 Å². The van der Waals surface area contributed by atoms with E-state index in [-0.39, 0.29) is 29.5 Å². The molecule has 0 saturated heterocycles. The highest BCUT2D eigenvalue weighted by molar-refractivity contribution is 9.10. The Morgan fingerprint density at radius 2 is 2.24 bits per heavy atom. The van der Waals surface area contributed by atoms with Gasteiger partial charge in [0.2, 0.25) is 5.91 Å². The van der Waals surface area contributed by atoms with E-state index in [1.807, 2.05) is 0 Å². The molecule has 0 aliphatic heterocycles. The molecule has 21 heavy (non-hydrogen) atoms. The predicted octanol–water partition coefficient (Wildman–Crippen LogP) is -0.131. The van der Waals surface area contributed by atoms with E-state index in [9.17, 15) is 14.4 Å². The molecule has 0 aromatic carbocycles. The van der Waals surface area contributed by atoms with Crippen molar-refractivity contribution in [3.63, 3.8) is 0 Å². The Morgan fingerprint density at radius 1 is 1.52 bits per heavy atom. The lowest BCUT2D eigenvalue weighted by Crippen LogP contribution is -2.32. The molecule has 1 fully saturated rings. The van der Waals surface area contributed by atoms with Crippen LogP contribution in [0.5, 0.6) is 0 Å². The van der Waals surface area contributed by atoms with Crippen molar-refractivity contribution in [2.45, 2.75) is 25.4 Å². The maximum Gasteiger partial charge on any atom is 0.327 e. The third-order valence-electron chi connectivity index (χ3n) is 2.87. The molecule has 1 aromatic rings. The fourth-order valence-electron chi connectivity index (χ4n) is 1.57. The van der Waals surface area contributed by atoms with Crippen LogP contribution in [0, 0.1) is 0 Å². The summed E-state index contributed by atoms with van der Waals surface area (Å²) in [4.78, 5) is 34.7. The van der Waals surface area contributed by atoms with Crippen LogP contribution in [0.3, 0.4) is 0 Å². The molecule has 1 saturated carbocycles. The number of esters is 1. The van der Waals surface area contributed by atoms with E-state index >= 15 is 0 Å². The van der Waals surface area contributed by atoms with Crippen molar-refractivity contribution in [2.24, 2.45) is 0 Å². The van der Waals surface area contributed by atoms with Gasteiger partial charge in [0.15, 0.2) is 0 Å². The van der Waals surface area contributed by atoms with Gasteiger partial charge in [-0.1, -0.05) is 0 Å². The number of methoxy groups -OCH3 is 1. The van der Waals surface area contributed by atoms with Crippen LogP contribution in [0.1, 0.15) is 12.8 Å². The van der Waals surface area contributed by atoms with E-state index in [1.54, 1.807) is 0 Å². The zero-order chi connectivity index (χ0) is 15.4. The number of nitrogens with zero attached hydrogens (tertiary/aromatic N) is 2. The van der Waals surface area contributed by atoms with E-state index < -0.39 is 11.5 Å². The van der Waals surface area contributed by atoms with Crippen LogP contribution >= 0.6 is 15.9 Å². The molecule has 1 aromatic heterocycles. The molecule has 0 bridgehead atoms. The Kier molecular flexibility index (Phi) is 4.94. The smallest absolute Gasteiger partial charge is 0.327 e. The van der Waals surface area contributed by atoms with Crippen molar-refractivity contribution in [1.82, 2.24) is 15.1 Å². The fraction of sp³-hybridized carbons (Fsp3) is 0.500. The quantitative estimate of drug-likeness (QED) is 0.686. The zero-order valence-electron chi connectivity index (χ0n) is 11.4. The number of aromatic nitrogens is 2. The Morgan fingerprint density at radius 3 is 2.86 bits per heavy atom. The summed E-state index contributed by atoms with van der Waals surface area (Å²) in [5, 5.41) is 9.51. The number of hydrogen-bond donors (Lipinski definition) is 2. The summed E-state index contributed by atoms with van der Waals surface area (Å²) in [6.07, 6.45) is 3.40. The Hall–Kier alpha value is -1.90. The highest BCUT2D eigenvalue weighted by Crippen LogP contribution is 2.19. The number of amides is 1. The van der Waals surface area contributed by atoms with Gasteiger partial charge in [0.05, 0.1) is 25.5 Å². The predicted molar refractivity (Wildman–Crippen MR) is 77.9 cm³/mol. The third kappa shape index (κ3) is 4.28. The SMILES string of the molecule is COC(=O)Cn1ncc(NCC(=O)NC2CC2)c(Br)c1=O. The Labute approximate surface area is 129 Å². The number of halogens is 1. The minimum absolute atomic E-state index is 0.0528. The zero-order valence-corrected chi connectivity index (χ0v) is 13.0. The highest BCUT2D eigenvalue weighted by Gasteiger charge is 2.23. The standard InChI is InChI=1S/C12H15BrN4O4/c1-21-10(19)6-17-12(20)11(13)8(4-15-17)14-5-9(18)16-7-2-3-7/h4,7,14H,2-3,5-6H2,1H3,(H,16,18). The van der Waals surface area contributed by atoms with Gasteiger partial charge in [-0.05, 0) is 28.8 Å². The lowest BCUT2D eigenvalue weighted by atomic mass is 10.4. The first-order chi connectivity index (χ1) is 10.0. The topological polar surface area (TPSA) is 102 Å².